The molecule has 0 saturated heterocycles. The zero-order valence-corrected chi connectivity index (χ0v) is 33.9. The molecule has 4 rings (SSSR count). The number of phenols is 2. The van der Waals surface area contributed by atoms with Gasteiger partial charge in [0.15, 0.2) is 0 Å². The summed E-state index contributed by atoms with van der Waals surface area (Å²) in [6, 6.07) is 9.35. The van der Waals surface area contributed by atoms with Gasteiger partial charge < -0.3 is 0 Å². The molecule has 1 heterocycles. The molecule has 0 radical (unpaired) electrons. The van der Waals surface area contributed by atoms with Gasteiger partial charge in [-0.25, -0.2) is 0 Å². The van der Waals surface area contributed by atoms with Crippen LogP contribution in [-0.4, -0.2) is 20.7 Å². The van der Waals surface area contributed by atoms with Gasteiger partial charge in [0.25, 0.3) is 0 Å². The van der Waals surface area contributed by atoms with Gasteiger partial charge in [0, 0.05) is 0 Å². The number of hydrogen-bond donors (Lipinski definition) is 2. The van der Waals surface area contributed by atoms with E-state index in [2.05, 4.69) is 107 Å². The topological polar surface area (TPSA) is 40.5 Å². The van der Waals surface area contributed by atoms with Gasteiger partial charge in [0.2, 0.25) is 0 Å². The van der Waals surface area contributed by atoms with Crippen molar-refractivity contribution in [3.05, 3.63) is 57.6 Å². The number of fused-ring (bicyclic) bond motifs is 1. The van der Waals surface area contributed by atoms with Gasteiger partial charge >= 0.3 is 289 Å². The molecule has 2 aliphatic rings. The van der Waals surface area contributed by atoms with Gasteiger partial charge in [-0.3, -0.25) is 0 Å². The number of benzene rings is 2. The molecule has 0 amide bonds. The van der Waals surface area contributed by atoms with Crippen molar-refractivity contribution in [3.8, 4) is 11.5 Å². The summed E-state index contributed by atoms with van der Waals surface area (Å²) in [5.74, 6) is 3.25. The van der Waals surface area contributed by atoms with Gasteiger partial charge in [-0.05, 0) is 0 Å². The van der Waals surface area contributed by atoms with E-state index in [4.69, 9.17) is 0 Å². The van der Waals surface area contributed by atoms with Gasteiger partial charge in [0.05, 0.1) is 0 Å². The molecule has 4 atom stereocenters. The van der Waals surface area contributed by atoms with Crippen LogP contribution in [0.2, 0.25) is 0 Å². The van der Waals surface area contributed by atoms with Gasteiger partial charge in [-0.1, -0.05) is 0 Å². The standard InChI is InChI=1S/C40H64O2S2.Ti/c1-13-39(9,10)31-23-29(37(3,4)5)21-27(35(31)41)25-43-33-19-17-15-16-18-20-34(33)44-26-28-22-30(38(6,7)8)24-32(36(28)42)40(11,12)14-2;/h21-24,33-34,41-42H,13-20,25-26H2,1-12H3;/t33-,34-;/m0./s1. The first kappa shape index (κ1) is 37.3. The maximum absolute atomic E-state index is 11.9. The van der Waals surface area contributed by atoms with E-state index < -0.39 is 0 Å². The van der Waals surface area contributed by atoms with Crippen molar-refractivity contribution in [2.45, 2.75) is 178 Å². The maximum atomic E-state index is 11.9. The van der Waals surface area contributed by atoms with Crippen molar-refractivity contribution in [1.82, 2.24) is 0 Å². The van der Waals surface area contributed by atoms with E-state index in [1.807, 2.05) is 0 Å². The summed E-state index contributed by atoms with van der Waals surface area (Å²) in [6.45, 7) is 27.5. The first-order chi connectivity index (χ1) is 20.8. The number of rotatable bonds is 8. The third kappa shape index (κ3) is 8.37. The molecule has 1 aliphatic carbocycles. The number of aromatic hydroxyl groups is 2. The zero-order valence-electron chi connectivity index (χ0n) is 30.7. The van der Waals surface area contributed by atoms with Crippen molar-refractivity contribution in [3.63, 3.8) is 0 Å². The second-order valence-electron chi connectivity index (χ2n) is 17.3. The van der Waals surface area contributed by atoms with E-state index >= 15 is 0 Å². The van der Waals surface area contributed by atoms with Crippen LogP contribution in [0.25, 0.3) is 0 Å². The molecule has 252 valence electrons. The fraction of sp³-hybridized carbons (Fsp3) is 0.700. The Bertz CT molecular complexity index is 1360. The van der Waals surface area contributed by atoms with Gasteiger partial charge in [0.1, 0.15) is 0 Å². The molecule has 1 saturated carbocycles. The SMILES string of the molecule is CCC(C)(C)c1cc(C(C)(C)C)cc(C[S]2=[Ti]=[S](Cc3cc(C(C)(C)C)cc(C(C)(C)CC)c3O)[C@H]3CCCCCC[C@@H]32)c1O. The Kier molecular flexibility index (Phi) is 11.7. The summed E-state index contributed by atoms with van der Waals surface area (Å²) in [7, 11) is 0.686. The third-order valence-electron chi connectivity index (χ3n) is 11.0. The fourth-order valence-corrected chi connectivity index (χ4v) is 27.7. The third-order valence-corrected chi connectivity index (χ3v) is 27.0. The molecule has 2 N–H and O–H groups in total. The summed E-state index contributed by atoms with van der Waals surface area (Å²) in [5.41, 5.74) is 7.39. The van der Waals surface area contributed by atoms with Crippen LogP contribution in [0.4, 0.5) is 0 Å². The monoisotopic (exact) mass is 688 g/mol. The molecular formula is C40H64O2S2Ti. The van der Waals surface area contributed by atoms with E-state index in [0.29, 0.717) is 27.4 Å². The minimum absolute atomic E-state index is 0.0444. The molecule has 2 aromatic carbocycles. The zero-order chi connectivity index (χ0) is 33.5. The molecule has 5 heteroatoms. The van der Waals surface area contributed by atoms with E-state index in [1.165, 1.54) is 60.8 Å². The molecule has 2 unspecified atom stereocenters. The molecule has 2 nitrogen and oxygen atoms in total. The summed E-state index contributed by atoms with van der Waals surface area (Å²) in [5, 5.41) is 25.3. The van der Waals surface area contributed by atoms with Crippen molar-refractivity contribution < 1.29 is 25.7 Å². The molecule has 2 aromatic rings. The van der Waals surface area contributed by atoms with Crippen LogP contribution in [0.1, 0.15) is 168 Å². The number of phenolic OH excluding ortho intramolecular Hbond substituents is 2. The van der Waals surface area contributed by atoms with E-state index in [9.17, 15) is 10.2 Å². The first-order valence-corrected chi connectivity index (χ1v) is 24.4. The molecule has 0 bridgehead atoms. The van der Waals surface area contributed by atoms with Crippen LogP contribution in [0.5, 0.6) is 11.5 Å². The Morgan fingerprint density at radius 2 is 0.956 bits per heavy atom. The van der Waals surface area contributed by atoms with Gasteiger partial charge in [-0.15, -0.1) is 0 Å². The Morgan fingerprint density at radius 1 is 0.600 bits per heavy atom. The Hall–Kier alpha value is -0.546. The first-order valence-electron chi connectivity index (χ1n) is 17.7. The average molecular weight is 689 g/mol. The molecule has 1 fully saturated rings. The van der Waals surface area contributed by atoms with E-state index in [0.717, 1.165) is 46.0 Å². The molecule has 45 heavy (non-hydrogen) atoms. The molecule has 0 spiro atoms. The summed E-state index contributed by atoms with van der Waals surface area (Å²) >= 11 is -0.253. The quantitative estimate of drug-likeness (QED) is 0.271. The van der Waals surface area contributed by atoms with Crippen molar-refractivity contribution >= 4 is 15.9 Å². The predicted molar refractivity (Wildman–Crippen MR) is 198 cm³/mol. The van der Waals surface area contributed by atoms with Crippen molar-refractivity contribution in [2.24, 2.45) is 0 Å². The second kappa shape index (κ2) is 14.1. The normalized spacial score (nSPS) is 23.1. The van der Waals surface area contributed by atoms with Crippen LogP contribution >= 0.6 is 15.9 Å². The van der Waals surface area contributed by atoms with Crippen LogP contribution in [-0.2, 0) is 48.6 Å². The van der Waals surface area contributed by atoms with E-state index in [1.54, 1.807) is 0 Å². The van der Waals surface area contributed by atoms with E-state index in [-0.39, 0.29) is 37.1 Å². The molecule has 1 aliphatic heterocycles. The van der Waals surface area contributed by atoms with Crippen molar-refractivity contribution in [1.29, 1.82) is 0 Å². The summed E-state index contributed by atoms with van der Waals surface area (Å²) in [6.07, 6.45) is 10.2. The Balaban J connectivity index is 1.87. The van der Waals surface area contributed by atoms with Crippen LogP contribution < -0.4 is 0 Å². The fourth-order valence-electron chi connectivity index (χ4n) is 6.82. The molecular weight excluding hydrogens is 624 g/mol. The summed E-state index contributed by atoms with van der Waals surface area (Å²) in [4.78, 5) is 0. The average Bonchev–Trinajstić information content (AvgIpc) is 3.23. The van der Waals surface area contributed by atoms with Crippen LogP contribution in [0, 0.1) is 0 Å². The van der Waals surface area contributed by atoms with Crippen LogP contribution in [0.3, 0.4) is 0 Å². The molecule has 0 aromatic heterocycles. The van der Waals surface area contributed by atoms with Gasteiger partial charge in [-0.2, -0.15) is 0 Å². The number of hydrogen-bond acceptors (Lipinski definition) is 2. The van der Waals surface area contributed by atoms with Crippen LogP contribution in [0.15, 0.2) is 24.3 Å². The summed E-state index contributed by atoms with van der Waals surface area (Å²) < 4.78 is 0. The Labute approximate surface area is 287 Å². The Morgan fingerprint density at radius 3 is 1.27 bits per heavy atom. The second-order valence-corrected chi connectivity index (χ2v) is 28.8. The predicted octanol–water partition coefficient (Wildman–Crippen LogP) is 12.3. The van der Waals surface area contributed by atoms with Crippen molar-refractivity contribution in [2.75, 3.05) is 0 Å². The minimum atomic E-state index is -0.253.